The number of hydrogen-bond donors (Lipinski definition) is 0. The van der Waals surface area contributed by atoms with Gasteiger partial charge < -0.3 is 0 Å². The molecule has 0 aliphatic heterocycles. The van der Waals surface area contributed by atoms with Crippen molar-refractivity contribution in [2.75, 3.05) is 0 Å². The highest BCUT2D eigenvalue weighted by Crippen LogP contribution is 2.38. The van der Waals surface area contributed by atoms with Crippen LogP contribution < -0.4 is 0 Å². The Bertz CT molecular complexity index is 218. The summed E-state index contributed by atoms with van der Waals surface area (Å²) < 4.78 is 0. The maximum atomic E-state index is 8.87. The van der Waals surface area contributed by atoms with Gasteiger partial charge in [-0.2, -0.15) is 5.26 Å². The van der Waals surface area contributed by atoms with E-state index in [0.29, 0.717) is 5.92 Å². The lowest BCUT2D eigenvalue weighted by Crippen LogP contribution is -2.19. The average molecular weight is 149 g/mol. The van der Waals surface area contributed by atoms with Gasteiger partial charge in [-0.3, -0.25) is 0 Å². The fraction of sp³-hybridized carbons (Fsp3) is 0.700. The van der Waals surface area contributed by atoms with Crippen LogP contribution in [0.25, 0.3) is 0 Å². The zero-order valence-electron chi connectivity index (χ0n) is 7.52. The molecule has 0 radical (unpaired) electrons. The van der Waals surface area contributed by atoms with Gasteiger partial charge in [-0.25, -0.2) is 0 Å². The van der Waals surface area contributed by atoms with Crippen LogP contribution in [0.1, 0.15) is 33.6 Å². The number of hydrogen-bond acceptors (Lipinski definition) is 1. The van der Waals surface area contributed by atoms with E-state index in [-0.39, 0.29) is 5.41 Å². The summed E-state index contributed by atoms with van der Waals surface area (Å²) in [5.74, 6) is 0.549. The van der Waals surface area contributed by atoms with Crippen LogP contribution >= 0.6 is 0 Å². The van der Waals surface area contributed by atoms with Crippen LogP contribution in [0, 0.1) is 22.7 Å². The lowest BCUT2D eigenvalue weighted by Gasteiger charge is -2.23. The van der Waals surface area contributed by atoms with Gasteiger partial charge >= 0.3 is 0 Å². The molecule has 0 aromatic carbocycles. The smallest absolute Gasteiger partial charge is 0.0687 e. The van der Waals surface area contributed by atoms with Crippen LogP contribution in [0.5, 0.6) is 0 Å². The van der Waals surface area contributed by atoms with Crippen molar-refractivity contribution < 1.29 is 0 Å². The first-order valence-corrected chi connectivity index (χ1v) is 4.13. The quantitative estimate of drug-likeness (QED) is 0.526. The van der Waals surface area contributed by atoms with Gasteiger partial charge in [0.05, 0.1) is 11.5 Å². The van der Waals surface area contributed by atoms with E-state index >= 15 is 0 Å². The lowest BCUT2D eigenvalue weighted by molar-refractivity contribution is 0.307. The molecule has 0 N–H and O–H groups in total. The Hall–Kier alpha value is -0.770. The summed E-state index contributed by atoms with van der Waals surface area (Å²) in [7, 11) is 0. The van der Waals surface area contributed by atoms with Crippen LogP contribution in [0.15, 0.2) is 11.6 Å². The normalized spacial score (nSPS) is 24.5. The van der Waals surface area contributed by atoms with Crippen LogP contribution in [-0.4, -0.2) is 0 Å². The number of nitriles is 1. The first kappa shape index (κ1) is 8.33. The molecule has 1 aliphatic rings. The fourth-order valence-corrected chi connectivity index (χ4v) is 1.54. The molecule has 0 bridgehead atoms. The van der Waals surface area contributed by atoms with Gasteiger partial charge in [-0.1, -0.05) is 11.6 Å². The lowest BCUT2D eigenvalue weighted by atomic mass is 9.78. The molecule has 0 aromatic heterocycles. The van der Waals surface area contributed by atoms with Gasteiger partial charge in [0.2, 0.25) is 0 Å². The van der Waals surface area contributed by atoms with Gasteiger partial charge in [0.15, 0.2) is 0 Å². The van der Waals surface area contributed by atoms with E-state index in [2.05, 4.69) is 19.1 Å². The van der Waals surface area contributed by atoms with Crippen molar-refractivity contribution in [1.82, 2.24) is 0 Å². The summed E-state index contributed by atoms with van der Waals surface area (Å²) in [6, 6.07) is 2.37. The molecule has 1 unspecified atom stereocenters. The topological polar surface area (TPSA) is 23.8 Å². The van der Waals surface area contributed by atoms with E-state index in [1.54, 1.807) is 0 Å². The Morgan fingerprint density at radius 2 is 2.27 bits per heavy atom. The van der Waals surface area contributed by atoms with Gasteiger partial charge in [-0.15, -0.1) is 0 Å². The second kappa shape index (κ2) is 2.70. The monoisotopic (exact) mass is 149 g/mol. The third-order valence-corrected chi connectivity index (χ3v) is 2.63. The zero-order chi connectivity index (χ0) is 8.48. The van der Waals surface area contributed by atoms with Crippen molar-refractivity contribution in [2.24, 2.45) is 11.3 Å². The molecule has 0 spiro atoms. The Morgan fingerprint density at radius 3 is 2.64 bits per heavy atom. The summed E-state index contributed by atoms with van der Waals surface area (Å²) in [6.45, 7) is 6.21. The van der Waals surface area contributed by atoms with Gasteiger partial charge in [0, 0.05) is 0 Å². The van der Waals surface area contributed by atoms with E-state index < -0.39 is 0 Å². The first-order valence-electron chi connectivity index (χ1n) is 4.13. The van der Waals surface area contributed by atoms with Gasteiger partial charge in [0.25, 0.3) is 0 Å². The molecule has 1 rings (SSSR count). The predicted molar refractivity (Wildman–Crippen MR) is 45.9 cm³/mol. The molecule has 1 nitrogen and oxygen atoms in total. The van der Waals surface area contributed by atoms with Crippen molar-refractivity contribution in [3.63, 3.8) is 0 Å². The minimum Gasteiger partial charge on any atom is -0.198 e. The number of rotatable bonds is 1. The maximum Gasteiger partial charge on any atom is 0.0687 e. The van der Waals surface area contributed by atoms with Gasteiger partial charge in [-0.05, 0) is 39.5 Å². The highest BCUT2D eigenvalue weighted by Gasteiger charge is 2.31. The van der Waals surface area contributed by atoms with E-state index in [4.69, 9.17) is 5.26 Å². The van der Waals surface area contributed by atoms with Crippen LogP contribution in [0.2, 0.25) is 0 Å². The van der Waals surface area contributed by atoms with E-state index in [1.165, 1.54) is 5.57 Å². The number of allylic oxidation sites excluding steroid dienone is 2. The van der Waals surface area contributed by atoms with Crippen molar-refractivity contribution in [2.45, 2.75) is 33.6 Å². The fourth-order valence-electron chi connectivity index (χ4n) is 1.54. The largest absolute Gasteiger partial charge is 0.198 e. The van der Waals surface area contributed by atoms with Crippen LogP contribution in [-0.2, 0) is 0 Å². The first-order chi connectivity index (χ1) is 5.06. The highest BCUT2D eigenvalue weighted by molar-refractivity contribution is 5.12. The second-order valence-corrected chi connectivity index (χ2v) is 4.02. The SMILES string of the molecule is CC1=CCC(C(C)(C)C#N)C1. The van der Waals surface area contributed by atoms with Crippen molar-refractivity contribution in [1.29, 1.82) is 5.26 Å². The second-order valence-electron chi connectivity index (χ2n) is 4.02. The van der Waals surface area contributed by atoms with E-state index in [9.17, 15) is 0 Å². The molecule has 11 heavy (non-hydrogen) atoms. The standard InChI is InChI=1S/C10H15N/c1-8-4-5-9(6-8)10(2,3)7-11/h4,9H,5-6H2,1-3H3. The molecule has 0 aromatic rings. The number of nitrogens with zero attached hydrogens (tertiary/aromatic N) is 1. The van der Waals surface area contributed by atoms with Crippen molar-refractivity contribution in [3.8, 4) is 6.07 Å². The van der Waals surface area contributed by atoms with Crippen molar-refractivity contribution in [3.05, 3.63) is 11.6 Å². The van der Waals surface area contributed by atoms with E-state index in [1.807, 2.05) is 13.8 Å². The Labute approximate surface area is 68.7 Å². The minimum atomic E-state index is -0.145. The molecule has 1 atom stereocenters. The van der Waals surface area contributed by atoms with E-state index in [0.717, 1.165) is 12.8 Å². The Morgan fingerprint density at radius 1 is 1.64 bits per heavy atom. The van der Waals surface area contributed by atoms with Crippen molar-refractivity contribution >= 4 is 0 Å². The molecule has 0 fully saturated rings. The zero-order valence-corrected chi connectivity index (χ0v) is 7.52. The molecular weight excluding hydrogens is 134 g/mol. The summed E-state index contributed by atoms with van der Waals surface area (Å²) >= 11 is 0. The Balaban J connectivity index is 2.61. The third-order valence-electron chi connectivity index (χ3n) is 2.63. The van der Waals surface area contributed by atoms with Crippen LogP contribution in [0.4, 0.5) is 0 Å². The highest BCUT2D eigenvalue weighted by atomic mass is 14.4. The molecule has 0 saturated carbocycles. The predicted octanol–water partition coefficient (Wildman–Crippen LogP) is 2.89. The average Bonchev–Trinajstić information content (AvgIpc) is 2.36. The van der Waals surface area contributed by atoms with Gasteiger partial charge in [0.1, 0.15) is 0 Å². The molecule has 0 heterocycles. The Kier molecular flexibility index (Phi) is 2.04. The molecule has 60 valence electrons. The molecular formula is C10H15N. The minimum absolute atomic E-state index is 0.145. The molecule has 0 amide bonds. The summed E-state index contributed by atoms with van der Waals surface area (Å²) in [5.41, 5.74) is 1.30. The third kappa shape index (κ3) is 1.63. The molecule has 0 saturated heterocycles. The maximum absolute atomic E-state index is 8.87. The molecule has 1 aliphatic carbocycles. The summed E-state index contributed by atoms with van der Waals surface area (Å²) in [6.07, 6.45) is 4.46. The summed E-state index contributed by atoms with van der Waals surface area (Å²) in [5, 5.41) is 8.87. The van der Waals surface area contributed by atoms with Crippen LogP contribution in [0.3, 0.4) is 0 Å². The molecule has 1 heteroatoms. The summed E-state index contributed by atoms with van der Waals surface area (Å²) in [4.78, 5) is 0.